The molecule has 2 heterocycles. The predicted octanol–water partition coefficient (Wildman–Crippen LogP) is 13.9. The second-order valence-electron chi connectivity index (χ2n) is 12.1. The first-order valence-electron chi connectivity index (χ1n) is 15.9. The lowest BCUT2D eigenvalue weighted by molar-refractivity contribution is 1.29. The number of fused-ring (bicyclic) bond motifs is 10. The van der Waals surface area contributed by atoms with Crippen molar-refractivity contribution in [3.8, 4) is 11.1 Å². The van der Waals surface area contributed by atoms with E-state index in [1.165, 1.54) is 73.0 Å². The molecule has 0 bridgehead atoms. The van der Waals surface area contributed by atoms with Crippen LogP contribution in [-0.2, 0) is 0 Å². The molecule has 2 aromatic heterocycles. The molecule has 0 aliphatic carbocycles. The standard InChI is InChI=1S/C44H27NS2/c1-2-12-31(13-3-1)45(32-20-17-30(18-21-32)35-16-8-11-28-9-4-6-14-34(28)35)33-22-24-39-38(27-33)43-40(46-39)25-26-41-42(43)37-23-19-29-10-5-7-15-36(29)44(37)47-41/h1-27H. The predicted molar refractivity (Wildman–Crippen MR) is 207 cm³/mol. The van der Waals surface area contributed by atoms with Crippen LogP contribution in [0.2, 0.25) is 0 Å². The molecule has 0 spiro atoms. The molecule has 3 heteroatoms. The van der Waals surface area contributed by atoms with Crippen LogP contribution in [0.4, 0.5) is 17.1 Å². The Kier molecular flexibility index (Phi) is 5.98. The number of para-hydroxylation sites is 1. The molecule has 0 aliphatic rings. The van der Waals surface area contributed by atoms with Crippen LogP contribution >= 0.6 is 22.7 Å². The summed E-state index contributed by atoms with van der Waals surface area (Å²) in [6, 6.07) is 60.0. The zero-order valence-electron chi connectivity index (χ0n) is 25.4. The normalized spacial score (nSPS) is 11.8. The van der Waals surface area contributed by atoms with Gasteiger partial charge in [0.2, 0.25) is 0 Å². The Morgan fingerprint density at radius 2 is 0.979 bits per heavy atom. The van der Waals surface area contributed by atoms with Gasteiger partial charge in [0.25, 0.3) is 0 Å². The Morgan fingerprint density at radius 3 is 1.81 bits per heavy atom. The fraction of sp³-hybridized carbons (Fsp3) is 0. The number of hydrogen-bond donors (Lipinski definition) is 0. The van der Waals surface area contributed by atoms with E-state index in [1.54, 1.807) is 0 Å². The minimum atomic E-state index is 1.14. The van der Waals surface area contributed by atoms with Crippen molar-refractivity contribution in [1.82, 2.24) is 0 Å². The fourth-order valence-electron chi connectivity index (χ4n) is 7.28. The van der Waals surface area contributed by atoms with Gasteiger partial charge in [-0.1, -0.05) is 109 Å². The van der Waals surface area contributed by atoms with Gasteiger partial charge in [-0.25, -0.2) is 0 Å². The topological polar surface area (TPSA) is 3.24 Å². The average molecular weight is 634 g/mol. The molecule has 8 aromatic carbocycles. The van der Waals surface area contributed by atoms with Crippen molar-refractivity contribution in [2.24, 2.45) is 0 Å². The molecule has 10 rings (SSSR count). The van der Waals surface area contributed by atoms with Crippen LogP contribution in [0.25, 0.3) is 73.0 Å². The van der Waals surface area contributed by atoms with Gasteiger partial charge in [0.15, 0.2) is 0 Å². The van der Waals surface area contributed by atoms with Crippen molar-refractivity contribution >= 4 is 102 Å². The number of hydrogen-bond acceptors (Lipinski definition) is 3. The number of rotatable bonds is 4. The van der Waals surface area contributed by atoms with Gasteiger partial charge in [-0.15, -0.1) is 22.7 Å². The molecule has 0 radical (unpaired) electrons. The second-order valence-corrected chi connectivity index (χ2v) is 14.2. The van der Waals surface area contributed by atoms with E-state index in [-0.39, 0.29) is 0 Å². The van der Waals surface area contributed by atoms with E-state index in [4.69, 9.17) is 0 Å². The number of nitrogens with zero attached hydrogens (tertiary/aromatic N) is 1. The second kappa shape index (κ2) is 10.5. The lowest BCUT2D eigenvalue weighted by Crippen LogP contribution is -2.09. The highest BCUT2D eigenvalue weighted by Gasteiger charge is 2.18. The zero-order valence-corrected chi connectivity index (χ0v) is 27.0. The molecule has 0 aliphatic heterocycles. The largest absolute Gasteiger partial charge is 0.310 e. The molecule has 1 nitrogen and oxygen atoms in total. The molecule has 220 valence electrons. The van der Waals surface area contributed by atoms with Crippen molar-refractivity contribution in [3.05, 3.63) is 164 Å². The summed E-state index contributed by atoms with van der Waals surface area (Å²) in [5.74, 6) is 0. The third kappa shape index (κ3) is 4.21. The van der Waals surface area contributed by atoms with Crippen molar-refractivity contribution in [2.45, 2.75) is 0 Å². The van der Waals surface area contributed by atoms with E-state index in [9.17, 15) is 0 Å². The maximum atomic E-state index is 2.41. The summed E-state index contributed by atoms with van der Waals surface area (Å²) < 4.78 is 5.37. The third-order valence-corrected chi connectivity index (χ3v) is 11.8. The number of benzene rings is 8. The summed E-state index contributed by atoms with van der Waals surface area (Å²) in [5, 5.41) is 10.6. The monoisotopic (exact) mass is 633 g/mol. The van der Waals surface area contributed by atoms with Crippen LogP contribution in [0, 0.1) is 0 Å². The smallest absolute Gasteiger partial charge is 0.0468 e. The van der Waals surface area contributed by atoms with E-state index in [2.05, 4.69) is 169 Å². The van der Waals surface area contributed by atoms with E-state index < -0.39 is 0 Å². The maximum absolute atomic E-state index is 2.41. The van der Waals surface area contributed by atoms with Crippen LogP contribution in [-0.4, -0.2) is 0 Å². The molecular weight excluding hydrogens is 607 g/mol. The number of thiophene rings is 2. The minimum Gasteiger partial charge on any atom is -0.310 e. The SMILES string of the molecule is c1ccc(N(c2ccc(-c3cccc4ccccc34)cc2)c2ccc3sc4ccc5sc6c7ccccc7ccc6c5c4c3c2)cc1. The van der Waals surface area contributed by atoms with E-state index in [0.29, 0.717) is 0 Å². The highest BCUT2D eigenvalue weighted by molar-refractivity contribution is 7.28. The molecule has 0 saturated carbocycles. The van der Waals surface area contributed by atoms with Gasteiger partial charge in [0, 0.05) is 57.4 Å². The molecule has 0 fully saturated rings. The third-order valence-electron chi connectivity index (χ3n) is 9.44. The lowest BCUT2D eigenvalue weighted by atomic mass is 9.98. The maximum Gasteiger partial charge on any atom is 0.0468 e. The van der Waals surface area contributed by atoms with Gasteiger partial charge in [-0.05, 0) is 87.3 Å². The molecule has 10 aromatic rings. The van der Waals surface area contributed by atoms with E-state index in [1.807, 2.05) is 22.7 Å². The Labute approximate surface area is 280 Å². The van der Waals surface area contributed by atoms with Gasteiger partial charge in [0.05, 0.1) is 0 Å². The first-order valence-corrected chi connectivity index (χ1v) is 17.6. The fourth-order valence-corrected chi connectivity index (χ4v) is 9.62. The van der Waals surface area contributed by atoms with Crippen molar-refractivity contribution in [2.75, 3.05) is 4.90 Å². The Hall–Kier alpha value is -5.48. The van der Waals surface area contributed by atoms with Crippen LogP contribution < -0.4 is 4.90 Å². The zero-order chi connectivity index (χ0) is 30.9. The van der Waals surface area contributed by atoms with E-state index in [0.717, 1.165) is 17.1 Å². The lowest BCUT2D eigenvalue weighted by Gasteiger charge is -2.26. The summed E-state index contributed by atoms with van der Waals surface area (Å²) in [5.41, 5.74) is 5.91. The van der Waals surface area contributed by atoms with Gasteiger partial charge in [-0.3, -0.25) is 0 Å². The Bertz CT molecular complexity index is 2780. The van der Waals surface area contributed by atoms with Crippen molar-refractivity contribution in [3.63, 3.8) is 0 Å². The van der Waals surface area contributed by atoms with E-state index >= 15 is 0 Å². The quantitative estimate of drug-likeness (QED) is 0.186. The summed E-state index contributed by atoms with van der Waals surface area (Å²) >= 11 is 3.81. The summed E-state index contributed by atoms with van der Waals surface area (Å²) in [6.07, 6.45) is 0. The molecule has 0 unspecified atom stereocenters. The first kappa shape index (κ1) is 26.7. The average Bonchev–Trinajstić information content (AvgIpc) is 3.70. The molecule has 0 saturated heterocycles. The summed E-state index contributed by atoms with van der Waals surface area (Å²) in [7, 11) is 0. The molecule has 47 heavy (non-hydrogen) atoms. The van der Waals surface area contributed by atoms with Crippen LogP contribution in [0.3, 0.4) is 0 Å². The van der Waals surface area contributed by atoms with Gasteiger partial charge in [-0.2, -0.15) is 0 Å². The minimum absolute atomic E-state index is 1.14. The van der Waals surface area contributed by atoms with Gasteiger partial charge in [0.1, 0.15) is 0 Å². The Balaban J connectivity index is 1.17. The highest BCUT2D eigenvalue weighted by atomic mass is 32.1. The van der Waals surface area contributed by atoms with Crippen molar-refractivity contribution in [1.29, 1.82) is 0 Å². The summed E-state index contributed by atoms with van der Waals surface area (Å²) in [4.78, 5) is 2.38. The molecule has 0 amide bonds. The highest BCUT2D eigenvalue weighted by Crippen LogP contribution is 2.47. The molecule has 0 atom stereocenters. The Morgan fingerprint density at radius 1 is 0.362 bits per heavy atom. The number of anilines is 3. The van der Waals surface area contributed by atoms with Crippen molar-refractivity contribution < 1.29 is 0 Å². The first-order chi connectivity index (χ1) is 23.3. The van der Waals surface area contributed by atoms with Crippen LogP contribution in [0.15, 0.2) is 164 Å². The van der Waals surface area contributed by atoms with Gasteiger partial charge >= 0.3 is 0 Å². The van der Waals surface area contributed by atoms with Crippen LogP contribution in [0.1, 0.15) is 0 Å². The van der Waals surface area contributed by atoms with Crippen LogP contribution in [0.5, 0.6) is 0 Å². The molecule has 0 N–H and O–H groups in total. The van der Waals surface area contributed by atoms with Gasteiger partial charge < -0.3 is 4.90 Å². The molecular formula is C44H27NS2. The summed E-state index contributed by atoms with van der Waals surface area (Å²) in [6.45, 7) is 0.